The van der Waals surface area contributed by atoms with E-state index in [4.69, 9.17) is 4.74 Å². The van der Waals surface area contributed by atoms with Gasteiger partial charge in [-0.3, -0.25) is 9.59 Å². The molecule has 6 nitrogen and oxygen atoms in total. The Morgan fingerprint density at radius 3 is 1.29 bits per heavy atom. The Balaban J connectivity index is 4.56. The molecule has 0 aromatic carbocycles. The molecule has 3 N–H and O–H groups in total. The molecule has 0 radical (unpaired) electrons. The van der Waals surface area contributed by atoms with Gasteiger partial charge in [-0.05, 0) is 89.9 Å². The highest BCUT2D eigenvalue weighted by Gasteiger charge is 2.24. The third kappa shape index (κ3) is 44.2. The summed E-state index contributed by atoms with van der Waals surface area (Å²) < 4.78 is 5.89. The van der Waals surface area contributed by atoms with E-state index in [0.717, 1.165) is 77.0 Å². The SMILES string of the molecule is CCCCC/C=C\C/C=C\C/C=C\C/C=C\CCCC(=O)OC(CCCCC/C=C\CCCCC)CC(=O)NC(CO)C(O)CCCCCCCCCCCCCCCCCC. The molecule has 62 heavy (non-hydrogen) atoms. The first kappa shape index (κ1) is 59.6. The molecule has 0 saturated carbocycles. The highest BCUT2D eigenvalue weighted by molar-refractivity contribution is 5.77. The van der Waals surface area contributed by atoms with Crippen molar-refractivity contribution in [3.63, 3.8) is 0 Å². The fraction of sp³-hybridized carbons (Fsp3) is 0.786. The maximum absolute atomic E-state index is 13.2. The Labute approximate surface area is 384 Å². The second kappa shape index (κ2) is 49.6. The number of aliphatic hydroxyl groups is 2. The van der Waals surface area contributed by atoms with Crippen LogP contribution in [0.2, 0.25) is 0 Å². The summed E-state index contributed by atoms with van der Waals surface area (Å²) in [6, 6.07) is -0.718. The number of ether oxygens (including phenoxy) is 1. The number of hydrogen-bond donors (Lipinski definition) is 3. The fourth-order valence-electron chi connectivity index (χ4n) is 7.77. The van der Waals surface area contributed by atoms with Gasteiger partial charge in [0.2, 0.25) is 5.91 Å². The van der Waals surface area contributed by atoms with Crippen LogP contribution in [0.4, 0.5) is 0 Å². The maximum atomic E-state index is 13.2. The summed E-state index contributed by atoms with van der Waals surface area (Å²) in [6.07, 6.45) is 61.4. The summed E-state index contributed by atoms with van der Waals surface area (Å²) in [5, 5.41) is 23.8. The quantitative estimate of drug-likeness (QED) is 0.0322. The number of allylic oxidation sites excluding steroid dienone is 10. The Hall–Kier alpha value is -2.44. The smallest absolute Gasteiger partial charge is 0.306 e. The Bertz CT molecular complexity index is 1110. The van der Waals surface area contributed by atoms with Crippen LogP contribution in [0.3, 0.4) is 0 Å². The van der Waals surface area contributed by atoms with E-state index in [-0.39, 0.29) is 24.9 Å². The van der Waals surface area contributed by atoms with Crippen LogP contribution < -0.4 is 5.32 Å². The standard InChI is InChI=1S/C56H101NO5/c1-4-7-10-13-16-19-22-24-26-28-30-32-34-37-40-43-46-49-56(61)62-52(47-44-41-38-35-21-18-15-12-9-6-3)50-55(60)57-53(51-58)54(59)48-45-42-39-36-33-31-29-27-25-23-20-17-14-11-8-5-2/h16,18-19,21,24,26,30,32,37,40,52-54,58-59H,4-15,17,20,22-23,25,27-29,31,33-36,38-39,41-51H2,1-3H3,(H,57,60)/b19-16-,21-18-,26-24-,32-30-,40-37-. The van der Waals surface area contributed by atoms with E-state index in [1.165, 1.54) is 128 Å². The number of amides is 1. The van der Waals surface area contributed by atoms with Crippen LogP contribution >= 0.6 is 0 Å². The minimum absolute atomic E-state index is 0.0442. The number of carbonyl (C=O) groups excluding carboxylic acids is 2. The molecule has 0 aromatic heterocycles. The van der Waals surface area contributed by atoms with Gasteiger partial charge < -0.3 is 20.3 Å². The lowest BCUT2D eigenvalue weighted by molar-refractivity contribution is -0.151. The minimum atomic E-state index is -0.801. The van der Waals surface area contributed by atoms with E-state index in [0.29, 0.717) is 25.7 Å². The Morgan fingerprint density at radius 2 is 0.823 bits per heavy atom. The van der Waals surface area contributed by atoms with Gasteiger partial charge >= 0.3 is 5.97 Å². The van der Waals surface area contributed by atoms with Gasteiger partial charge in [-0.2, -0.15) is 0 Å². The molecule has 0 bridgehead atoms. The molecular weight excluding hydrogens is 767 g/mol. The average molecular weight is 868 g/mol. The molecule has 6 heteroatoms. The molecule has 0 aliphatic heterocycles. The van der Waals surface area contributed by atoms with Crippen LogP contribution in [-0.2, 0) is 14.3 Å². The molecule has 0 rings (SSSR count). The monoisotopic (exact) mass is 868 g/mol. The molecule has 0 heterocycles. The van der Waals surface area contributed by atoms with Gasteiger partial charge in [-0.15, -0.1) is 0 Å². The lowest BCUT2D eigenvalue weighted by atomic mass is 10.0. The predicted molar refractivity (Wildman–Crippen MR) is 268 cm³/mol. The van der Waals surface area contributed by atoms with E-state index in [1.54, 1.807) is 0 Å². The van der Waals surface area contributed by atoms with Gasteiger partial charge in [-0.25, -0.2) is 0 Å². The molecule has 0 aromatic rings. The summed E-state index contributed by atoms with van der Waals surface area (Å²) in [5.41, 5.74) is 0. The molecule has 0 aliphatic rings. The molecule has 0 spiro atoms. The fourth-order valence-corrected chi connectivity index (χ4v) is 7.77. The molecule has 3 unspecified atom stereocenters. The number of unbranched alkanes of at least 4 members (excludes halogenated alkanes) is 25. The number of hydrogen-bond acceptors (Lipinski definition) is 5. The van der Waals surface area contributed by atoms with Crippen molar-refractivity contribution in [3.05, 3.63) is 60.8 Å². The maximum Gasteiger partial charge on any atom is 0.306 e. The van der Waals surface area contributed by atoms with Crippen LogP contribution in [0, 0.1) is 0 Å². The van der Waals surface area contributed by atoms with Crippen molar-refractivity contribution in [2.24, 2.45) is 0 Å². The van der Waals surface area contributed by atoms with Gasteiger partial charge in [0.05, 0.1) is 25.2 Å². The normalized spacial score (nSPS) is 13.7. The highest BCUT2D eigenvalue weighted by atomic mass is 16.5. The van der Waals surface area contributed by atoms with Crippen molar-refractivity contribution in [1.29, 1.82) is 0 Å². The zero-order valence-electron chi connectivity index (χ0n) is 41.0. The highest BCUT2D eigenvalue weighted by Crippen LogP contribution is 2.17. The van der Waals surface area contributed by atoms with Gasteiger partial charge in [0, 0.05) is 6.42 Å². The summed E-state index contributed by atoms with van der Waals surface area (Å²) in [7, 11) is 0. The zero-order chi connectivity index (χ0) is 45.2. The van der Waals surface area contributed by atoms with Crippen LogP contribution in [0.15, 0.2) is 60.8 Å². The zero-order valence-corrected chi connectivity index (χ0v) is 41.0. The van der Waals surface area contributed by atoms with Gasteiger partial charge in [0.15, 0.2) is 0 Å². The second-order valence-corrected chi connectivity index (χ2v) is 17.9. The predicted octanol–water partition coefficient (Wildman–Crippen LogP) is 16.0. The molecule has 360 valence electrons. The van der Waals surface area contributed by atoms with Crippen LogP contribution in [0.5, 0.6) is 0 Å². The lowest BCUT2D eigenvalue weighted by Crippen LogP contribution is -2.46. The molecule has 0 aliphatic carbocycles. The minimum Gasteiger partial charge on any atom is -0.462 e. The summed E-state index contributed by atoms with van der Waals surface area (Å²) in [4.78, 5) is 26.1. The molecule has 3 atom stereocenters. The molecule has 1 amide bonds. The van der Waals surface area contributed by atoms with Crippen LogP contribution in [0.1, 0.15) is 258 Å². The van der Waals surface area contributed by atoms with Crippen molar-refractivity contribution >= 4 is 11.9 Å². The average Bonchev–Trinajstić information content (AvgIpc) is 3.26. The first-order valence-electron chi connectivity index (χ1n) is 26.5. The van der Waals surface area contributed by atoms with E-state index in [9.17, 15) is 19.8 Å². The van der Waals surface area contributed by atoms with Crippen LogP contribution in [0.25, 0.3) is 0 Å². The van der Waals surface area contributed by atoms with Gasteiger partial charge in [0.25, 0.3) is 0 Å². The summed E-state index contributed by atoms with van der Waals surface area (Å²) in [5.74, 6) is -0.556. The number of nitrogens with one attached hydrogen (secondary N) is 1. The van der Waals surface area contributed by atoms with Crippen molar-refractivity contribution in [2.75, 3.05) is 6.61 Å². The second-order valence-electron chi connectivity index (χ2n) is 17.9. The Kier molecular flexibility index (Phi) is 47.6. The first-order valence-corrected chi connectivity index (χ1v) is 26.5. The Morgan fingerprint density at radius 1 is 0.468 bits per heavy atom. The summed E-state index contributed by atoms with van der Waals surface area (Å²) >= 11 is 0. The van der Waals surface area contributed by atoms with Gasteiger partial charge in [-0.1, -0.05) is 216 Å². The van der Waals surface area contributed by atoms with Crippen molar-refractivity contribution < 1.29 is 24.5 Å². The number of carbonyl (C=O) groups is 2. The molecule has 0 saturated heterocycles. The third-order valence-corrected chi connectivity index (χ3v) is 11.8. The van der Waals surface area contributed by atoms with Crippen molar-refractivity contribution in [2.45, 2.75) is 277 Å². The van der Waals surface area contributed by atoms with Crippen molar-refractivity contribution in [3.8, 4) is 0 Å². The van der Waals surface area contributed by atoms with Gasteiger partial charge in [0.1, 0.15) is 6.10 Å². The van der Waals surface area contributed by atoms with Crippen LogP contribution in [-0.4, -0.2) is 46.9 Å². The first-order chi connectivity index (χ1) is 30.5. The number of esters is 1. The molecular formula is C56H101NO5. The third-order valence-electron chi connectivity index (χ3n) is 11.8. The largest absolute Gasteiger partial charge is 0.462 e. The topological polar surface area (TPSA) is 95.9 Å². The van der Waals surface area contributed by atoms with Crippen molar-refractivity contribution in [1.82, 2.24) is 5.32 Å². The van der Waals surface area contributed by atoms with E-state index in [2.05, 4.69) is 86.8 Å². The lowest BCUT2D eigenvalue weighted by Gasteiger charge is -2.24. The molecule has 0 fully saturated rings. The van der Waals surface area contributed by atoms with E-state index in [1.807, 2.05) is 0 Å². The van der Waals surface area contributed by atoms with E-state index < -0.39 is 18.2 Å². The van der Waals surface area contributed by atoms with E-state index >= 15 is 0 Å². The summed E-state index contributed by atoms with van der Waals surface area (Å²) in [6.45, 7) is 6.42. The number of aliphatic hydroxyl groups excluding tert-OH is 2. The number of rotatable bonds is 47.